The number of benzene rings is 1. The lowest BCUT2D eigenvalue weighted by atomic mass is 10.1. The van der Waals surface area contributed by atoms with Gasteiger partial charge in [0.15, 0.2) is 0 Å². The fourth-order valence-corrected chi connectivity index (χ4v) is 1.70. The van der Waals surface area contributed by atoms with Crippen LogP contribution in [0, 0.1) is 11.3 Å². The average molecular weight is 216 g/mol. The lowest BCUT2D eigenvalue weighted by molar-refractivity contribution is -0.119. The van der Waals surface area contributed by atoms with Gasteiger partial charge in [0.2, 0.25) is 5.91 Å². The molecule has 1 aliphatic heterocycles. The summed E-state index contributed by atoms with van der Waals surface area (Å²) in [5.74, 6) is 0.0547. The molecule has 1 aromatic rings. The Morgan fingerprint density at radius 1 is 1.56 bits per heavy atom. The Kier molecular flexibility index (Phi) is 2.64. The van der Waals surface area contributed by atoms with Crippen LogP contribution in [-0.4, -0.2) is 18.5 Å². The van der Waals surface area contributed by atoms with Crippen molar-refractivity contribution in [3.05, 3.63) is 23.8 Å². The minimum Gasteiger partial charge on any atom is -0.398 e. The molecule has 5 heteroatoms. The second kappa shape index (κ2) is 4.11. The van der Waals surface area contributed by atoms with E-state index >= 15 is 0 Å². The van der Waals surface area contributed by atoms with Crippen LogP contribution in [0.15, 0.2) is 18.2 Å². The molecule has 1 heterocycles. The van der Waals surface area contributed by atoms with Gasteiger partial charge in [0, 0.05) is 18.7 Å². The molecule has 1 atom stereocenters. The van der Waals surface area contributed by atoms with Gasteiger partial charge in [-0.15, -0.1) is 0 Å². The van der Waals surface area contributed by atoms with Crippen molar-refractivity contribution in [2.45, 2.75) is 12.5 Å². The summed E-state index contributed by atoms with van der Waals surface area (Å²) >= 11 is 0. The molecular weight excluding hydrogens is 204 g/mol. The molecule has 0 aliphatic carbocycles. The van der Waals surface area contributed by atoms with Gasteiger partial charge >= 0.3 is 0 Å². The largest absolute Gasteiger partial charge is 0.398 e. The molecule has 1 aliphatic rings. The predicted octanol–water partition coefficient (Wildman–Crippen LogP) is 0.441. The highest BCUT2D eigenvalue weighted by Crippen LogP contribution is 2.19. The molecule has 2 rings (SSSR count). The number of nitrogen functional groups attached to an aromatic ring is 1. The van der Waals surface area contributed by atoms with Crippen molar-refractivity contribution in [2.24, 2.45) is 0 Å². The van der Waals surface area contributed by atoms with Crippen LogP contribution >= 0.6 is 0 Å². The first-order chi connectivity index (χ1) is 7.69. The Bertz CT molecular complexity index is 464. The highest BCUT2D eigenvalue weighted by molar-refractivity contribution is 5.79. The maximum absolute atomic E-state index is 11.0. The van der Waals surface area contributed by atoms with E-state index in [1.165, 1.54) is 0 Å². The first kappa shape index (κ1) is 10.3. The second-order valence-electron chi connectivity index (χ2n) is 3.76. The summed E-state index contributed by atoms with van der Waals surface area (Å²) in [5.41, 5.74) is 7.43. The van der Waals surface area contributed by atoms with Gasteiger partial charge in [0.05, 0.1) is 17.3 Å². The quantitative estimate of drug-likeness (QED) is 0.625. The van der Waals surface area contributed by atoms with Crippen LogP contribution in [0.2, 0.25) is 0 Å². The van der Waals surface area contributed by atoms with E-state index in [9.17, 15) is 4.79 Å². The van der Waals surface area contributed by atoms with Crippen LogP contribution in [-0.2, 0) is 4.79 Å². The number of hydrogen-bond acceptors (Lipinski definition) is 4. The average Bonchev–Trinajstić information content (AvgIpc) is 2.64. The maximum atomic E-state index is 11.0. The van der Waals surface area contributed by atoms with E-state index in [0.29, 0.717) is 24.2 Å². The highest BCUT2D eigenvalue weighted by atomic mass is 16.1. The third kappa shape index (κ3) is 2.06. The molecule has 16 heavy (non-hydrogen) atoms. The van der Waals surface area contributed by atoms with Crippen molar-refractivity contribution in [3.8, 4) is 6.07 Å². The van der Waals surface area contributed by atoms with Crippen LogP contribution in [0.1, 0.15) is 12.0 Å². The number of rotatable bonds is 2. The summed E-state index contributed by atoms with van der Waals surface area (Å²) < 4.78 is 0. The Balaban J connectivity index is 2.08. The van der Waals surface area contributed by atoms with Gasteiger partial charge in [-0.1, -0.05) is 0 Å². The van der Waals surface area contributed by atoms with E-state index in [2.05, 4.69) is 10.6 Å². The molecule has 5 nitrogen and oxygen atoms in total. The number of anilines is 2. The number of nitrogens with two attached hydrogens (primary N) is 1. The lowest BCUT2D eigenvalue weighted by Crippen LogP contribution is -2.22. The van der Waals surface area contributed by atoms with E-state index < -0.39 is 0 Å². The Labute approximate surface area is 93.2 Å². The number of carbonyl (C=O) groups is 1. The van der Waals surface area contributed by atoms with Crippen molar-refractivity contribution < 1.29 is 4.79 Å². The van der Waals surface area contributed by atoms with Gasteiger partial charge in [-0.2, -0.15) is 5.26 Å². The monoisotopic (exact) mass is 216 g/mol. The minimum absolute atomic E-state index is 0.0547. The topological polar surface area (TPSA) is 90.9 Å². The summed E-state index contributed by atoms with van der Waals surface area (Å²) in [6, 6.07) is 7.27. The number of hydrogen-bond donors (Lipinski definition) is 3. The number of carbonyl (C=O) groups excluding carboxylic acids is 1. The highest BCUT2D eigenvalue weighted by Gasteiger charge is 2.20. The lowest BCUT2D eigenvalue weighted by Gasteiger charge is -2.12. The molecule has 1 amide bonds. The van der Waals surface area contributed by atoms with E-state index in [-0.39, 0.29) is 11.9 Å². The first-order valence-electron chi connectivity index (χ1n) is 5.02. The van der Waals surface area contributed by atoms with Crippen molar-refractivity contribution in [1.82, 2.24) is 5.32 Å². The van der Waals surface area contributed by atoms with E-state index in [4.69, 9.17) is 11.0 Å². The normalized spacial score (nSPS) is 18.9. The van der Waals surface area contributed by atoms with Gasteiger partial charge < -0.3 is 16.4 Å². The van der Waals surface area contributed by atoms with Crippen LogP contribution < -0.4 is 16.4 Å². The van der Waals surface area contributed by atoms with E-state index in [0.717, 1.165) is 5.69 Å². The summed E-state index contributed by atoms with van der Waals surface area (Å²) in [6.45, 7) is 0.624. The van der Waals surface area contributed by atoms with Crippen molar-refractivity contribution in [3.63, 3.8) is 0 Å². The number of nitrogens with zero attached hydrogens (tertiary/aromatic N) is 1. The Morgan fingerprint density at radius 3 is 2.94 bits per heavy atom. The van der Waals surface area contributed by atoms with Gasteiger partial charge in [0.25, 0.3) is 0 Å². The van der Waals surface area contributed by atoms with E-state index in [1.807, 2.05) is 6.07 Å². The number of nitrogens with one attached hydrogen (secondary N) is 2. The number of amides is 1. The Morgan fingerprint density at radius 2 is 2.38 bits per heavy atom. The smallest absolute Gasteiger partial charge is 0.222 e. The molecule has 0 spiro atoms. The SMILES string of the molecule is N#Cc1ccc(NC2CNC(=O)C2)cc1N. The third-order valence-corrected chi connectivity index (χ3v) is 2.52. The molecule has 82 valence electrons. The molecule has 1 aromatic carbocycles. The molecule has 0 bridgehead atoms. The van der Waals surface area contributed by atoms with Crippen LogP contribution in [0.4, 0.5) is 11.4 Å². The van der Waals surface area contributed by atoms with Crippen molar-refractivity contribution in [2.75, 3.05) is 17.6 Å². The van der Waals surface area contributed by atoms with Gasteiger partial charge in [-0.05, 0) is 18.2 Å². The van der Waals surface area contributed by atoms with E-state index in [1.54, 1.807) is 18.2 Å². The molecule has 0 radical (unpaired) electrons. The summed E-state index contributed by atoms with van der Waals surface area (Å²) in [6.07, 6.45) is 0.472. The van der Waals surface area contributed by atoms with Gasteiger partial charge in [-0.25, -0.2) is 0 Å². The summed E-state index contributed by atoms with van der Waals surface area (Å²) in [4.78, 5) is 11.0. The third-order valence-electron chi connectivity index (χ3n) is 2.52. The summed E-state index contributed by atoms with van der Waals surface area (Å²) in [7, 11) is 0. The molecule has 1 unspecified atom stereocenters. The Hall–Kier alpha value is -2.22. The summed E-state index contributed by atoms with van der Waals surface area (Å²) in [5, 5.41) is 14.7. The molecular formula is C11H12N4O. The van der Waals surface area contributed by atoms with Gasteiger partial charge in [0.1, 0.15) is 6.07 Å². The molecule has 4 N–H and O–H groups in total. The maximum Gasteiger partial charge on any atom is 0.222 e. The van der Waals surface area contributed by atoms with Crippen molar-refractivity contribution >= 4 is 17.3 Å². The fraction of sp³-hybridized carbons (Fsp3) is 0.273. The predicted molar refractivity (Wildman–Crippen MR) is 60.6 cm³/mol. The van der Waals surface area contributed by atoms with Crippen molar-refractivity contribution in [1.29, 1.82) is 5.26 Å². The van der Waals surface area contributed by atoms with Crippen LogP contribution in [0.25, 0.3) is 0 Å². The molecule has 1 saturated heterocycles. The zero-order valence-corrected chi connectivity index (χ0v) is 8.66. The molecule has 0 aromatic heterocycles. The molecule has 0 saturated carbocycles. The fourth-order valence-electron chi connectivity index (χ4n) is 1.70. The minimum atomic E-state index is 0.0547. The second-order valence-corrected chi connectivity index (χ2v) is 3.76. The standard InChI is InChI=1S/C11H12N4O/c12-5-7-1-2-8(3-10(7)13)15-9-4-11(16)14-6-9/h1-3,9,15H,4,6,13H2,(H,14,16). The first-order valence-corrected chi connectivity index (χ1v) is 5.02. The van der Waals surface area contributed by atoms with Crippen LogP contribution in [0.3, 0.4) is 0 Å². The number of nitriles is 1. The zero-order chi connectivity index (χ0) is 11.5. The van der Waals surface area contributed by atoms with Gasteiger partial charge in [-0.3, -0.25) is 4.79 Å². The molecule has 1 fully saturated rings. The zero-order valence-electron chi connectivity index (χ0n) is 8.66. The van der Waals surface area contributed by atoms with Crippen LogP contribution in [0.5, 0.6) is 0 Å².